The summed E-state index contributed by atoms with van der Waals surface area (Å²) in [5.74, 6) is -1.23. The van der Waals surface area contributed by atoms with Crippen LogP contribution in [0, 0.1) is 0 Å². The number of rotatable bonds is 16. The fraction of sp³-hybridized carbons (Fsp3) is 0.148. The largest absolute Gasteiger partial charge is 2.00 e. The third-order valence-corrected chi connectivity index (χ3v) is 14.2. The van der Waals surface area contributed by atoms with Crippen LogP contribution in [0.25, 0.3) is 21.5 Å². The minimum absolute atomic E-state index is 0. The number of phenolic OH excluding ortho intramolecular Hbond substituents is 1. The standard InChI is InChI=1S/2C27H24ClN3O6S.Ca/c2*1-3-19-22(12-13-23(24(19)28)38(34,35)36)30-31-25-20-11-6-5-8-16(20)14-21(26(25)32)27(33)29-17-9-7-10-18(15-17)37-4-2;/h2*5-15,32H,3-4H2,1-2H3,(H,29,33)(H,34,35,36);/q;;+2/p-2. The maximum atomic E-state index is 13.4. The molecule has 0 aliphatic carbocycles. The molecule has 18 nitrogen and oxygen atoms in total. The SMILES string of the molecule is CCOc1cccc(N=C([O-])c2cc3ccccc3c(N=Nc3ccc(S(=O)(=O)O)c(Cl)c3CC)c2[O-])c1.CCOc1cccc(NC(=O)c2cc3ccccc3c(N=Nc3ccc(S(=O)(=O)O)c(Cl)c3CC)c2O)c1.[Ca+2]. The van der Waals surface area contributed by atoms with Gasteiger partial charge in [-0.1, -0.05) is 103 Å². The van der Waals surface area contributed by atoms with Gasteiger partial charge in [0.1, 0.15) is 27.0 Å². The second-order valence-electron chi connectivity index (χ2n) is 16.2. The molecule has 0 aromatic heterocycles. The van der Waals surface area contributed by atoms with Crippen molar-refractivity contribution in [3.8, 4) is 23.0 Å². The minimum Gasteiger partial charge on any atom is -0.871 e. The summed E-state index contributed by atoms with van der Waals surface area (Å²) in [6.45, 7) is 8.08. The van der Waals surface area contributed by atoms with E-state index in [-0.39, 0.29) is 93.8 Å². The van der Waals surface area contributed by atoms with E-state index in [1.165, 1.54) is 18.2 Å². The number of azo groups is 2. The van der Waals surface area contributed by atoms with Crippen LogP contribution in [0.15, 0.2) is 169 Å². The van der Waals surface area contributed by atoms with E-state index in [1.54, 1.807) is 117 Å². The van der Waals surface area contributed by atoms with E-state index in [0.717, 1.165) is 12.1 Å². The summed E-state index contributed by atoms with van der Waals surface area (Å²) in [6, 6.07) is 35.4. The van der Waals surface area contributed by atoms with Gasteiger partial charge in [0.25, 0.3) is 26.1 Å². The number of aliphatic imine (C=N–C) groups is 1. The van der Waals surface area contributed by atoms with Crippen LogP contribution in [0.1, 0.15) is 54.7 Å². The zero-order valence-corrected chi connectivity index (χ0v) is 46.9. The molecule has 0 unspecified atom stereocenters. The van der Waals surface area contributed by atoms with Gasteiger partial charge < -0.3 is 30.1 Å². The summed E-state index contributed by atoms with van der Waals surface area (Å²) in [5, 5.41) is 59.0. The topological polar surface area (TPSA) is 284 Å². The summed E-state index contributed by atoms with van der Waals surface area (Å²) >= 11 is 12.4. The van der Waals surface area contributed by atoms with Gasteiger partial charge >= 0.3 is 37.7 Å². The molecule has 77 heavy (non-hydrogen) atoms. The molecule has 0 heterocycles. The monoisotopic (exact) mass is 1140 g/mol. The number of phenols is 1. The summed E-state index contributed by atoms with van der Waals surface area (Å²) in [7, 11) is -9.07. The van der Waals surface area contributed by atoms with Crippen molar-refractivity contribution in [2.45, 2.75) is 50.3 Å². The molecule has 1 amide bonds. The van der Waals surface area contributed by atoms with Gasteiger partial charge in [-0.15, -0.1) is 5.11 Å². The number of carbonyl (C=O) groups is 1. The molecule has 0 spiro atoms. The molecule has 8 rings (SSSR count). The smallest absolute Gasteiger partial charge is 0.871 e. The Kier molecular flexibility index (Phi) is 20.2. The van der Waals surface area contributed by atoms with E-state index < -0.39 is 47.6 Å². The molecular formula is C54H46CaCl2N6O12S2. The fourth-order valence-electron chi connectivity index (χ4n) is 7.82. The third-order valence-electron chi connectivity index (χ3n) is 11.4. The van der Waals surface area contributed by atoms with Crippen molar-refractivity contribution in [3.63, 3.8) is 0 Å². The first-order chi connectivity index (χ1) is 36.3. The predicted octanol–water partition coefficient (Wildman–Crippen LogP) is 12.3. The van der Waals surface area contributed by atoms with E-state index in [1.807, 2.05) is 13.8 Å². The zero-order valence-electron chi connectivity index (χ0n) is 41.6. The van der Waals surface area contributed by atoms with Crippen molar-refractivity contribution in [2.24, 2.45) is 25.4 Å². The fourth-order valence-corrected chi connectivity index (χ4v) is 10.2. The van der Waals surface area contributed by atoms with E-state index in [0.29, 0.717) is 75.2 Å². The Labute approximate surface area is 483 Å². The third kappa shape index (κ3) is 14.1. The van der Waals surface area contributed by atoms with E-state index in [2.05, 4.69) is 30.8 Å². The number of aromatic hydroxyl groups is 1. The van der Waals surface area contributed by atoms with Crippen molar-refractivity contribution < 1.29 is 55.5 Å². The van der Waals surface area contributed by atoms with Gasteiger partial charge in [0, 0.05) is 28.6 Å². The number of fused-ring (bicyclic) bond motifs is 2. The Morgan fingerprint density at radius 2 is 1.09 bits per heavy atom. The Bertz CT molecular complexity index is 3860. The number of hydrogen-bond donors (Lipinski definition) is 4. The van der Waals surface area contributed by atoms with Crippen LogP contribution in [0.5, 0.6) is 23.0 Å². The van der Waals surface area contributed by atoms with Crippen LogP contribution in [-0.2, 0) is 33.1 Å². The average Bonchev–Trinajstić information content (AvgIpc) is 3.39. The van der Waals surface area contributed by atoms with Crippen molar-refractivity contribution in [1.82, 2.24) is 0 Å². The van der Waals surface area contributed by atoms with Gasteiger partial charge in [0.2, 0.25) is 0 Å². The number of anilines is 1. The summed E-state index contributed by atoms with van der Waals surface area (Å²) in [4.78, 5) is 16.4. The molecule has 0 aliphatic rings. The summed E-state index contributed by atoms with van der Waals surface area (Å²) in [5.41, 5.74) is 1.70. The van der Waals surface area contributed by atoms with Crippen LogP contribution in [0.4, 0.5) is 34.1 Å². The van der Waals surface area contributed by atoms with Crippen molar-refractivity contribution in [3.05, 3.63) is 166 Å². The number of halogens is 2. The number of nitrogens with one attached hydrogen (secondary N) is 1. The van der Waals surface area contributed by atoms with Gasteiger partial charge in [-0.3, -0.25) is 18.9 Å². The second-order valence-corrected chi connectivity index (χ2v) is 19.8. The molecule has 4 N–H and O–H groups in total. The van der Waals surface area contributed by atoms with E-state index >= 15 is 0 Å². The molecule has 23 heteroatoms. The van der Waals surface area contributed by atoms with Gasteiger partial charge in [-0.2, -0.15) is 32.2 Å². The second kappa shape index (κ2) is 26.1. The van der Waals surface area contributed by atoms with Crippen LogP contribution in [0.2, 0.25) is 10.0 Å². The predicted molar refractivity (Wildman–Crippen MR) is 294 cm³/mol. The molecule has 392 valence electrons. The van der Waals surface area contributed by atoms with Crippen LogP contribution >= 0.6 is 23.2 Å². The number of nitrogens with zero attached hydrogens (tertiary/aromatic N) is 5. The first-order valence-corrected chi connectivity index (χ1v) is 26.8. The minimum atomic E-state index is -4.54. The van der Waals surface area contributed by atoms with Crippen LogP contribution in [-0.4, -0.2) is 93.8 Å². The molecule has 0 radical (unpaired) electrons. The van der Waals surface area contributed by atoms with Gasteiger partial charge in [-0.05, 0) is 121 Å². The molecule has 0 bridgehead atoms. The van der Waals surface area contributed by atoms with Gasteiger partial charge in [0.15, 0.2) is 5.75 Å². The molecule has 8 aromatic carbocycles. The molecule has 0 fully saturated rings. The number of amides is 1. The van der Waals surface area contributed by atoms with Gasteiger partial charge in [0.05, 0.1) is 51.6 Å². The maximum Gasteiger partial charge on any atom is 2.00 e. The quantitative estimate of drug-likeness (QED) is 0.0231. The van der Waals surface area contributed by atoms with Crippen LogP contribution < -0.4 is 25.0 Å². The van der Waals surface area contributed by atoms with Crippen molar-refractivity contribution >= 4 is 149 Å². The Morgan fingerprint density at radius 3 is 1.61 bits per heavy atom. The Morgan fingerprint density at radius 1 is 0.610 bits per heavy atom. The normalized spacial score (nSPS) is 11.9. The maximum absolute atomic E-state index is 13.4. The molecule has 8 aromatic rings. The summed E-state index contributed by atoms with van der Waals surface area (Å²) in [6.07, 6.45) is 0.576. The first-order valence-electron chi connectivity index (χ1n) is 23.2. The van der Waals surface area contributed by atoms with Gasteiger partial charge in [-0.25, -0.2) is 0 Å². The molecular weight excluding hydrogens is 1100 g/mol. The summed E-state index contributed by atoms with van der Waals surface area (Å²) < 4.78 is 76.3. The van der Waals surface area contributed by atoms with E-state index in [4.69, 9.17) is 32.7 Å². The molecule has 0 atom stereocenters. The number of ether oxygens (including phenoxy) is 2. The number of carbonyl (C=O) groups excluding carboxylic acids is 1. The first kappa shape index (κ1) is 59.5. The van der Waals surface area contributed by atoms with Crippen molar-refractivity contribution in [1.29, 1.82) is 0 Å². The number of hydrogen-bond acceptors (Lipinski definition) is 15. The molecule has 0 saturated heterocycles. The van der Waals surface area contributed by atoms with Crippen molar-refractivity contribution in [2.75, 3.05) is 18.5 Å². The average molecular weight is 1150 g/mol. The van der Waals surface area contributed by atoms with E-state index in [9.17, 15) is 46.1 Å². The van der Waals surface area contributed by atoms with Crippen LogP contribution in [0.3, 0.4) is 0 Å². The Balaban J connectivity index is 0.000000246. The Hall–Kier alpha value is -6.72. The number of benzene rings is 8. The zero-order chi connectivity index (χ0) is 54.9. The molecule has 0 saturated carbocycles. The molecule has 0 aliphatic heterocycles.